The molecule has 0 aromatic heterocycles. The number of hydrogen-bond donors (Lipinski definition) is 3. The highest BCUT2D eigenvalue weighted by atomic mass is 32.1. The van der Waals surface area contributed by atoms with Crippen molar-refractivity contribution in [3.05, 3.63) is 54.1 Å². The number of piperidine rings is 1. The smallest absolute Gasteiger partial charge is 0.220 e. The zero-order valence-corrected chi connectivity index (χ0v) is 23.6. The van der Waals surface area contributed by atoms with E-state index in [1.54, 1.807) is 0 Å². The van der Waals surface area contributed by atoms with Crippen LogP contribution in [0.3, 0.4) is 0 Å². The first-order valence-corrected chi connectivity index (χ1v) is 14.5. The van der Waals surface area contributed by atoms with Gasteiger partial charge in [-0.05, 0) is 87.2 Å². The lowest BCUT2D eigenvalue weighted by molar-refractivity contribution is -0.121. The van der Waals surface area contributed by atoms with E-state index in [0.717, 1.165) is 43.0 Å². The normalized spacial score (nSPS) is 13.5. The highest BCUT2D eigenvalue weighted by Gasteiger charge is 2.11. The van der Waals surface area contributed by atoms with Gasteiger partial charge >= 0.3 is 0 Å². The minimum absolute atomic E-state index is 0.0453. The van der Waals surface area contributed by atoms with E-state index in [0.29, 0.717) is 44.3 Å². The van der Waals surface area contributed by atoms with Crippen LogP contribution in [0.4, 0.5) is 5.69 Å². The molecule has 0 aliphatic carbocycles. The number of thiocarbonyl (C=S) groups is 1. The van der Waals surface area contributed by atoms with E-state index in [2.05, 4.69) is 46.0 Å². The molecule has 8 heteroatoms. The molecule has 0 radical (unpaired) electrons. The zero-order valence-electron chi connectivity index (χ0n) is 22.8. The number of benzene rings is 2. The van der Waals surface area contributed by atoms with Crippen LogP contribution in [0.1, 0.15) is 63.9 Å². The van der Waals surface area contributed by atoms with Crippen molar-refractivity contribution in [3.63, 3.8) is 0 Å². The van der Waals surface area contributed by atoms with Crippen LogP contribution in [-0.2, 0) is 11.3 Å². The summed E-state index contributed by atoms with van der Waals surface area (Å²) in [5.74, 6) is 1.74. The Morgan fingerprint density at radius 1 is 0.921 bits per heavy atom. The molecule has 1 heterocycles. The third-order valence-corrected chi connectivity index (χ3v) is 6.67. The predicted molar refractivity (Wildman–Crippen MR) is 159 cm³/mol. The molecule has 0 saturated carbocycles. The molecule has 208 valence electrons. The van der Waals surface area contributed by atoms with Gasteiger partial charge in [-0.15, -0.1) is 0 Å². The number of carbonyl (C=O) groups is 1. The molecule has 1 amide bonds. The Bertz CT molecular complexity index is 981. The van der Waals surface area contributed by atoms with Crippen molar-refractivity contribution < 1.29 is 14.3 Å². The van der Waals surface area contributed by atoms with E-state index >= 15 is 0 Å². The quantitative estimate of drug-likeness (QED) is 0.192. The van der Waals surface area contributed by atoms with Crippen LogP contribution in [-0.4, -0.2) is 55.3 Å². The Labute approximate surface area is 233 Å². The summed E-state index contributed by atoms with van der Waals surface area (Å²) < 4.78 is 11.8. The summed E-state index contributed by atoms with van der Waals surface area (Å²) in [5.41, 5.74) is 2.14. The summed E-state index contributed by atoms with van der Waals surface area (Å²) in [6.07, 6.45) is 7.97. The van der Waals surface area contributed by atoms with Gasteiger partial charge in [0.1, 0.15) is 11.5 Å². The first-order valence-electron chi connectivity index (χ1n) is 14.1. The van der Waals surface area contributed by atoms with Gasteiger partial charge < -0.3 is 25.4 Å². The van der Waals surface area contributed by atoms with Gasteiger partial charge in [0, 0.05) is 26.1 Å². The van der Waals surface area contributed by atoms with Gasteiger partial charge in [-0.2, -0.15) is 0 Å². The molecule has 7 nitrogen and oxygen atoms in total. The second kappa shape index (κ2) is 17.6. The van der Waals surface area contributed by atoms with E-state index in [9.17, 15) is 4.79 Å². The third-order valence-electron chi connectivity index (χ3n) is 6.42. The summed E-state index contributed by atoms with van der Waals surface area (Å²) in [6, 6.07) is 16.1. The van der Waals surface area contributed by atoms with Crippen LogP contribution in [0, 0.1) is 0 Å². The maximum atomic E-state index is 12.2. The van der Waals surface area contributed by atoms with Crippen LogP contribution in [0.2, 0.25) is 0 Å². The molecule has 0 bridgehead atoms. The highest BCUT2D eigenvalue weighted by Crippen LogP contribution is 2.24. The second-order valence-corrected chi connectivity index (χ2v) is 10.1. The van der Waals surface area contributed by atoms with Crippen molar-refractivity contribution in [1.29, 1.82) is 0 Å². The minimum atomic E-state index is 0.0453. The molecule has 1 aliphatic heterocycles. The van der Waals surface area contributed by atoms with Crippen LogP contribution >= 0.6 is 12.2 Å². The van der Waals surface area contributed by atoms with Crippen molar-refractivity contribution in [1.82, 2.24) is 15.5 Å². The van der Waals surface area contributed by atoms with Crippen molar-refractivity contribution >= 4 is 28.9 Å². The standard InChI is InChI=1S/C30H44N4O3S/c1-2-3-21-37-28-15-6-5-14-27(28)33-30(38)32-17-10-16-29(35)31-18-11-22-36-26-13-9-12-25(23-26)24-34-19-7-4-8-20-34/h5-6,9,12-15,23H,2-4,7-8,10-11,16-22,24H2,1H3,(H,31,35)(H2,32,33,38). The van der Waals surface area contributed by atoms with Crippen molar-refractivity contribution in [2.75, 3.05) is 44.7 Å². The number of ether oxygens (including phenoxy) is 2. The van der Waals surface area contributed by atoms with E-state index in [4.69, 9.17) is 21.7 Å². The maximum Gasteiger partial charge on any atom is 0.220 e. The molecule has 0 spiro atoms. The Balaban J connectivity index is 1.23. The topological polar surface area (TPSA) is 74.9 Å². The number of nitrogens with zero attached hydrogens (tertiary/aromatic N) is 1. The first-order chi connectivity index (χ1) is 18.6. The van der Waals surface area contributed by atoms with E-state index < -0.39 is 0 Å². The Morgan fingerprint density at radius 3 is 2.55 bits per heavy atom. The van der Waals surface area contributed by atoms with Gasteiger partial charge in [-0.1, -0.05) is 44.0 Å². The predicted octanol–water partition coefficient (Wildman–Crippen LogP) is 5.50. The summed E-state index contributed by atoms with van der Waals surface area (Å²) in [4.78, 5) is 14.7. The summed E-state index contributed by atoms with van der Waals surface area (Å²) >= 11 is 5.40. The molecule has 1 aliphatic rings. The van der Waals surface area contributed by atoms with Crippen molar-refractivity contribution in [2.45, 2.75) is 64.8 Å². The molecule has 1 fully saturated rings. The minimum Gasteiger partial charge on any atom is -0.494 e. The average Bonchev–Trinajstić information content (AvgIpc) is 2.93. The number of amides is 1. The molecule has 2 aromatic carbocycles. The van der Waals surface area contributed by atoms with E-state index in [1.807, 2.05) is 30.3 Å². The van der Waals surface area contributed by atoms with Crippen molar-refractivity contribution in [3.8, 4) is 11.5 Å². The van der Waals surface area contributed by atoms with E-state index in [-0.39, 0.29) is 5.91 Å². The number of nitrogens with one attached hydrogen (secondary N) is 3. The van der Waals surface area contributed by atoms with Crippen LogP contribution in [0.5, 0.6) is 11.5 Å². The number of likely N-dealkylation sites (tertiary alicyclic amines) is 1. The fourth-order valence-corrected chi connectivity index (χ4v) is 4.54. The van der Waals surface area contributed by atoms with Crippen molar-refractivity contribution in [2.24, 2.45) is 0 Å². The number of hydrogen-bond acceptors (Lipinski definition) is 5. The molecule has 2 aromatic rings. The Morgan fingerprint density at radius 2 is 1.71 bits per heavy atom. The first kappa shape index (κ1) is 29.7. The molecule has 3 rings (SSSR count). The lowest BCUT2D eigenvalue weighted by Gasteiger charge is -2.26. The van der Waals surface area contributed by atoms with Crippen LogP contribution in [0.15, 0.2) is 48.5 Å². The van der Waals surface area contributed by atoms with Gasteiger partial charge in [0.05, 0.1) is 18.9 Å². The zero-order chi connectivity index (χ0) is 26.8. The molecule has 3 N–H and O–H groups in total. The van der Waals surface area contributed by atoms with Gasteiger partial charge in [0.2, 0.25) is 5.91 Å². The number of para-hydroxylation sites is 2. The van der Waals surface area contributed by atoms with Gasteiger partial charge in [0.25, 0.3) is 0 Å². The van der Waals surface area contributed by atoms with Gasteiger partial charge in [-0.3, -0.25) is 9.69 Å². The van der Waals surface area contributed by atoms with Crippen LogP contribution < -0.4 is 25.4 Å². The average molecular weight is 541 g/mol. The number of unbranched alkanes of at least 4 members (excludes halogenated alkanes) is 1. The lowest BCUT2D eigenvalue weighted by atomic mass is 10.1. The number of anilines is 1. The second-order valence-electron chi connectivity index (χ2n) is 9.72. The third kappa shape index (κ3) is 11.7. The van der Waals surface area contributed by atoms with Gasteiger partial charge in [0.15, 0.2) is 5.11 Å². The van der Waals surface area contributed by atoms with Crippen LogP contribution in [0.25, 0.3) is 0 Å². The molecule has 1 saturated heterocycles. The molecule has 38 heavy (non-hydrogen) atoms. The number of rotatable bonds is 16. The SMILES string of the molecule is CCCCOc1ccccc1NC(=S)NCCCC(=O)NCCCOc1cccc(CN2CCCCC2)c1. The summed E-state index contributed by atoms with van der Waals surface area (Å²) in [5, 5.41) is 9.86. The lowest BCUT2D eigenvalue weighted by Crippen LogP contribution is -2.31. The monoisotopic (exact) mass is 540 g/mol. The Hall–Kier alpha value is -2.84. The highest BCUT2D eigenvalue weighted by molar-refractivity contribution is 7.80. The Kier molecular flexibility index (Phi) is 13.8. The fraction of sp³-hybridized carbons (Fsp3) is 0.533. The summed E-state index contributed by atoms with van der Waals surface area (Å²) in [6.45, 7) is 7.99. The van der Waals surface area contributed by atoms with Gasteiger partial charge in [-0.25, -0.2) is 0 Å². The molecular weight excluding hydrogens is 496 g/mol. The maximum absolute atomic E-state index is 12.2. The largest absolute Gasteiger partial charge is 0.494 e. The summed E-state index contributed by atoms with van der Waals surface area (Å²) in [7, 11) is 0. The van der Waals surface area contributed by atoms with E-state index in [1.165, 1.54) is 37.9 Å². The number of carbonyl (C=O) groups excluding carboxylic acids is 1. The molecular formula is C30H44N4O3S. The fourth-order valence-electron chi connectivity index (χ4n) is 4.33. The molecule has 0 unspecified atom stereocenters. The molecule has 0 atom stereocenters.